The van der Waals surface area contributed by atoms with Crippen LogP contribution in [0.3, 0.4) is 0 Å². The minimum absolute atomic E-state index is 0.0725. The molecule has 1 atom stereocenters. The normalized spacial score (nSPS) is 17.0. The summed E-state index contributed by atoms with van der Waals surface area (Å²) in [4.78, 5) is 36.1. The zero-order valence-corrected chi connectivity index (χ0v) is 18.0. The highest BCUT2D eigenvalue weighted by Gasteiger charge is 2.38. The van der Waals surface area contributed by atoms with E-state index in [1.807, 2.05) is 0 Å². The van der Waals surface area contributed by atoms with Gasteiger partial charge in [-0.3, -0.25) is 14.4 Å². The first-order valence-electron chi connectivity index (χ1n) is 9.89. The second-order valence-corrected chi connectivity index (χ2v) is 9.25. The average molecular weight is 465 g/mol. The summed E-state index contributed by atoms with van der Waals surface area (Å²) < 4.78 is 59.2. The van der Waals surface area contributed by atoms with Crippen LogP contribution >= 0.6 is 0 Å². The van der Waals surface area contributed by atoms with Gasteiger partial charge in [0.25, 0.3) is 0 Å². The molecule has 32 heavy (non-hydrogen) atoms. The van der Waals surface area contributed by atoms with Gasteiger partial charge in [0.2, 0.25) is 15.8 Å². The van der Waals surface area contributed by atoms with Crippen molar-refractivity contribution in [2.75, 3.05) is 13.2 Å². The number of carbonyl (C=O) groups excluding carboxylic acids is 3. The number of carbonyl (C=O) groups is 3. The van der Waals surface area contributed by atoms with Crippen LogP contribution in [0, 0.1) is 11.6 Å². The molecule has 0 bridgehead atoms. The molecule has 1 aliphatic heterocycles. The van der Waals surface area contributed by atoms with Gasteiger partial charge in [0.1, 0.15) is 17.7 Å². The monoisotopic (exact) mass is 465 g/mol. The number of hydrogen-bond donors (Lipinski definition) is 0. The van der Waals surface area contributed by atoms with Gasteiger partial charge in [0.05, 0.1) is 10.5 Å². The molecule has 0 saturated carbocycles. The van der Waals surface area contributed by atoms with Crippen LogP contribution in [0.15, 0.2) is 47.4 Å². The molecule has 2 aromatic rings. The summed E-state index contributed by atoms with van der Waals surface area (Å²) in [5.41, 5.74) is -0.210. The smallest absolute Gasteiger partial charge is 0.324 e. The van der Waals surface area contributed by atoms with Gasteiger partial charge >= 0.3 is 5.97 Å². The SMILES string of the molecule is CC(=O)c1ccc(S(=O)(=O)N2CCCCC2C(=O)OCC(=O)c2cc(F)ccc2F)cc1. The first-order valence-corrected chi connectivity index (χ1v) is 11.3. The summed E-state index contributed by atoms with van der Waals surface area (Å²) in [6.07, 6.45) is 1.29. The summed E-state index contributed by atoms with van der Waals surface area (Å²) in [6, 6.07) is 6.54. The third-order valence-electron chi connectivity index (χ3n) is 5.17. The van der Waals surface area contributed by atoms with Crippen molar-refractivity contribution in [3.8, 4) is 0 Å². The van der Waals surface area contributed by atoms with Crippen molar-refractivity contribution in [2.24, 2.45) is 0 Å². The lowest BCUT2D eigenvalue weighted by atomic mass is 10.1. The number of halogens is 2. The number of rotatable bonds is 7. The van der Waals surface area contributed by atoms with E-state index in [9.17, 15) is 31.6 Å². The Kier molecular flexibility index (Phi) is 7.15. The molecule has 1 aliphatic rings. The molecule has 1 heterocycles. The van der Waals surface area contributed by atoms with Crippen molar-refractivity contribution < 1.29 is 36.3 Å². The van der Waals surface area contributed by atoms with E-state index in [4.69, 9.17) is 4.74 Å². The minimum atomic E-state index is -4.08. The standard InChI is InChI=1S/C22H21F2NO6S/c1-14(26)15-5-8-17(9-6-15)32(29,30)25-11-3-2-4-20(25)22(28)31-13-21(27)18-12-16(23)7-10-19(18)24/h5-10,12,20H,2-4,11,13H2,1H3. The quantitative estimate of drug-likeness (QED) is 0.460. The van der Waals surface area contributed by atoms with E-state index in [2.05, 4.69) is 0 Å². The third-order valence-corrected chi connectivity index (χ3v) is 7.09. The molecule has 170 valence electrons. The largest absolute Gasteiger partial charge is 0.456 e. The molecule has 2 aromatic carbocycles. The average Bonchev–Trinajstić information content (AvgIpc) is 2.78. The molecular formula is C22H21F2NO6S. The predicted molar refractivity (Wildman–Crippen MR) is 110 cm³/mol. The summed E-state index contributed by atoms with van der Waals surface area (Å²) in [6.45, 7) is 0.580. The Labute approximate surface area is 184 Å². The predicted octanol–water partition coefficient (Wildman–Crippen LogP) is 3.14. The fourth-order valence-corrected chi connectivity index (χ4v) is 5.09. The topological polar surface area (TPSA) is 97.8 Å². The second-order valence-electron chi connectivity index (χ2n) is 7.36. The van der Waals surface area contributed by atoms with Crippen molar-refractivity contribution in [1.82, 2.24) is 4.31 Å². The van der Waals surface area contributed by atoms with E-state index in [1.54, 1.807) is 0 Å². The Hall–Kier alpha value is -2.98. The maximum atomic E-state index is 13.7. The van der Waals surface area contributed by atoms with Crippen molar-refractivity contribution in [2.45, 2.75) is 37.1 Å². The maximum Gasteiger partial charge on any atom is 0.324 e. The molecule has 0 spiro atoms. The second kappa shape index (κ2) is 9.66. The van der Waals surface area contributed by atoms with Crippen molar-refractivity contribution in [1.29, 1.82) is 0 Å². The molecule has 1 saturated heterocycles. The molecule has 3 rings (SSSR count). The van der Waals surface area contributed by atoms with E-state index in [-0.39, 0.29) is 23.6 Å². The van der Waals surface area contributed by atoms with E-state index >= 15 is 0 Å². The lowest BCUT2D eigenvalue weighted by molar-refractivity contribution is -0.148. The van der Waals surface area contributed by atoms with Crippen LogP contribution in [0.5, 0.6) is 0 Å². The van der Waals surface area contributed by atoms with Gasteiger partial charge in [0, 0.05) is 12.1 Å². The summed E-state index contributed by atoms with van der Waals surface area (Å²) in [5.74, 6) is -3.88. The van der Waals surface area contributed by atoms with Crippen LogP contribution in [-0.4, -0.2) is 49.5 Å². The fraction of sp³-hybridized carbons (Fsp3) is 0.318. The Morgan fingerprint density at radius 2 is 1.75 bits per heavy atom. The lowest BCUT2D eigenvalue weighted by Gasteiger charge is -2.33. The Balaban J connectivity index is 1.75. The zero-order valence-electron chi connectivity index (χ0n) is 17.2. The highest BCUT2D eigenvalue weighted by molar-refractivity contribution is 7.89. The molecule has 0 radical (unpaired) electrons. The maximum absolute atomic E-state index is 13.7. The van der Waals surface area contributed by atoms with Crippen LogP contribution in [0.2, 0.25) is 0 Å². The van der Waals surface area contributed by atoms with Crippen LogP contribution in [0.25, 0.3) is 0 Å². The first kappa shape index (κ1) is 23.7. The number of piperidine rings is 1. The Morgan fingerprint density at radius 3 is 2.41 bits per heavy atom. The van der Waals surface area contributed by atoms with Crippen molar-refractivity contribution in [3.05, 3.63) is 65.2 Å². The van der Waals surface area contributed by atoms with Gasteiger partial charge in [-0.15, -0.1) is 0 Å². The van der Waals surface area contributed by atoms with E-state index < -0.39 is 51.6 Å². The molecule has 1 fully saturated rings. The van der Waals surface area contributed by atoms with Gasteiger partial charge < -0.3 is 4.74 Å². The molecule has 0 aliphatic carbocycles. The third kappa shape index (κ3) is 5.08. The molecule has 0 amide bonds. The van der Waals surface area contributed by atoms with Gasteiger partial charge in [-0.1, -0.05) is 12.1 Å². The number of sulfonamides is 1. The Bertz CT molecular complexity index is 1150. The van der Waals surface area contributed by atoms with Crippen LogP contribution in [0.1, 0.15) is 46.9 Å². The van der Waals surface area contributed by atoms with E-state index in [1.165, 1.54) is 31.2 Å². The number of esters is 1. The van der Waals surface area contributed by atoms with Crippen LogP contribution in [0.4, 0.5) is 8.78 Å². The number of benzene rings is 2. The highest BCUT2D eigenvalue weighted by Crippen LogP contribution is 2.26. The van der Waals surface area contributed by atoms with Crippen molar-refractivity contribution in [3.63, 3.8) is 0 Å². The summed E-state index contributed by atoms with van der Waals surface area (Å²) in [5, 5.41) is 0. The molecule has 10 heteroatoms. The number of ketones is 2. The van der Waals surface area contributed by atoms with Gasteiger partial charge in [-0.25, -0.2) is 17.2 Å². The minimum Gasteiger partial charge on any atom is -0.456 e. The van der Waals surface area contributed by atoms with Gasteiger partial charge in [-0.2, -0.15) is 4.31 Å². The van der Waals surface area contributed by atoms with Crippen LogP contribution in [-0.2, 0) is 19.6 Å². The van der Waals surface area contributed by atoms with E-state index in [0.717, 1.165) is 16.4 Å². The van der Waals surface area contributed by atoms with Crippen molar-refractivity contribution >= 4 is 27.6 Å². The molecule has 7 nitrogen and oxygen atoms in total. The number of hydrogen-bond acceptors (Lipinski definition) is 6. The van der Waals surface area contributed by atoms with Gasteiger partial charge in [-0.05, 0) is 56.5 Å². The number of Topliss-reactive ketones (excluding diaryl/α,β-unsaturated/α-hetero) is 2. The van der Waals surface area contributed by atoms with Gasteiger partial charge in [0.15, 0.2) is 12.4 Å². The molecule has 1 unspecified atom stereocenters. The number of nitrogens with zero attached hydrogens (tertiary/aromatic N) is 1. The van der Waals surface area contributed by atoms with E-state index in [0.29, 0.717) is 24.5 Å². The molecule has 0 aromatic heterocycles. The lowest BCUT2D eigenvalue weighted by Crippen LogP contribution is -2.48. The zero-order chi connectivity index (χ0) is 23.5. The number of ether oxygens (including phenoxy) is 1. The highest BCUT2D eigenvalue weighted by atomic mass is 32.2. The van der Waals surface area contributed by atoms with Crippen LogP contribution < -0.4 is 0 Å². The fourth-order valence-electron chi connectivity index (χ4n) is 3.45. The molecule has 0 N–H and O–H groups in total. The summed E-state index contributed by atoms with van der Waals surface area (Å²) in [7, 11) is -4.08. The summed E-state index contributed by atoms with van der Waals surface area (Å²) >= 11 is 0. The Morgan fingerprint density at radius 1 is 1.06 bits per heavy atom. The molecular weight excluding hydrogens is 444 g/mol. The first-order chi connectivity index (χ1) is 15.1.